The molecular formula is C22H27N3O4S. The van der Waals surface area contributed by atoms with E-state index in [0.29, 0.717) is 11.5 Å². The van der Waals surface area contributed by atoms with E-state index in [0.717, 1.165) is 35.0 Å². The number of anilines is 1. The average Bonchev–Trinajstić information content (AvgIpc) is 2.73. The fourth-order valence-corrected chi connectivity index (χ4v) is 4.76. The van der Waals surface area contributed by atoms with Gasteiger partial charge in [0.15, 0.2) is 0 Å². The molecule has 2 aromatic carbocycles. The van der Waals surface area contributed by atoms with Crippen molar-refractivity contribution < 1.29 is 17.9 Å². The van der Waals surface area contributed by atoms with Crippen molar-refractivity contribution in [1.82, 2.24) is 9.03 Å². The Morgan fingerprint density at radius 3 is 2.60 bits per heavy atom. The van der Waals surface area contributed by atoms with Crippen molar-refractivity contribution >= 4 is 21.8 Å². The van der Waals surface area contributed by atoms with Gasteiger partial charge in [-0.1, -0.05) is 29.8 Å². The van der Waals surface area contributed by atoms with E-state index in [-0.39, 0.29) is 12.1 Å². The first-order valence-corrected chi connectivity index (χ1v) is 11.5. The van der Waals surface area contributed by atoms with Gasteiger partial charge in [0.1, 0.15) is 0 Å². The van der Waals surface area contributed by atoms with Gasteiger partial charge in [-0.15, -0.1) is 0 Å². The monoisotopic (exact) mass is 429 g/mol. The maximum Gasteiger partial charge on any atom is 0.303 e. The predicted molar refractivity (Wildman–Crippen MR) is 115 cm³/mol. The van der Waals surface area contributed by atoms with Gasteiger partial charge in [0.2, 0.25) is 0 Å². The largest absolute Gasteiger partial charge is 0.378 e. The van der Waals surface area contributed by atoms with Crippen LogP contribution in [0.25, 0.3) is 0 Å². The number of rotatable bonds is 4. The molecule has 1 fully saturated rings. The zero-order valence-electron chi connectivity index (χ0n) is 17.4. The van der Waals surface area contributed by atoms with E-state index in [1.807, 2.05) is 12.1 Å². The normalized spacial score (nSPS) is 23.3. The van der Waals surface area contributed by atoms with Gasteiger partial charge in [0.05, 0.1) is 12.1 Å². The highest BCUT2D eigenvalue weighted by atomic mass is 32.2. The molecule has 2 aliphatic heterocycles. The van der Waals surface area contributed by atoms with Crippen LogP contribution >= 0.6 is 0 Å². The van der Waals surface area contributed by atoms with Crippen molar-refractivity contribution in [1.29, 1.82) is 0 Å². The first-order valence-electron chi connectivity index (χ1n) is 10.1. The van der Waals surface area contributed by atoms with Gasteiger partial charge in [0.25, 0.3) is 5.91 Å². The van der Waals surface area contributed by atoms with Gasteiger partial charge in [-0.2, -0.15) is 12.7 Å². The lowest BCUT2D eigenvalue weighted by atomic mass is 9.77. The Bertz CT molecular complexity index is 1050. The van der Waals surface area contributed by atoms with Crippen molar-refractivity contribution in [3.05, 3.63) is 64.7 Å². The SMILES string of the molecule is Cc1ccc2c(c1)[C@@H]1OCCC[C@@H]1[C@H](c1ccc(C(=O)NS(=O)(=O)N(C)C)cc1)N2. The molecule has 8 heteroatoms. The summed E-state index contributed by atoms with van der Waals surface area (Å²) in [6.45, 7) is 2.85. The van der Waals surface area contributed by atoms with Gasteiger partial charge in [-0.05, 0) is 43.5 Å². The summed E-state index contributed by atoms with van der Waals surface area (Å²) in [4.78, 5) is 12.3. The van der Waals surface area contributed by atoms with Gasteiger partial charge < -0.3 is 10.1 Å². The molecule has 0 aromatic heterocycles. The van der Waals surface area contributed by atoms with Crippen LogP contribution in [0.4, 0.5) is 5.69 Å². The predicted octanol–water partition coefficient (Wildman–Crippen LogP) is 3.17. The third kappa shape index (κ3) is 3.95. The number of nitrogens with one attached hydrogen (secondary N) is 2. The third-order valence-electron chi connectivity index (χ3n) is 5.86. The summed E-state index contributed by atoms with van der Waals surface area (Å²) in [7, 11) is -1.08. The first-order chi connectivity index (χ1) is 14.3. The molecule has 160 valence electrons. The number of nitrogens with zero attached hydrogens (tertiary/aromatic N) is 1. The van der Waals surface area contributed by atoms with Crippen LogP contribution in [0.1, 0.15) is 52.0 Å². The Balaban J connectivity index is 1.59. The van der Waals surface area contributed by atoms with E-state index in [4.69, 9.17) is 4.74 Å². The minimum absolute atomic E-state index is 0.0492. The summed E-state index contributed by atoms with van der Waals surface area (Å²) in [5.41, 5.74) is 4.85. The second kappa shape index (κ2) is 8.02. The molecule has 2 N–H and O–H groups in total. The van der Waals surface area contributed by atoms with Crippen LogP contribution in [0.2, 0.25) is 0 Å². The molecule has 0 unspecified atom stereocenters. The Labute approximate surface area is 177 Å². The van der Waals surface area contributed by atoms with Gasteiger partial charge in [0, 0.05) is 43.4 Å². The Morgan fingerprint density at radius 1 is 1.17 bits per heavy atom. The van der Waals surface area contributed by atoms with E-state index in [2.05, 4.69) is 35.2 Å². The summed E-state index contributed by atoms with van der Waals surface area (Å²) in [6.07, 6.45) is 2.12. The van der Waals surface area contributed by atoms with Crippen molar-refractivity contribution in [2.75, 3.05) is 26.0 Å². The maximum atomic E-state index is 12.3. The Hall–Kier alpha value is -2.42. The molecule has 0 spiro atoms. The summed E-state index contributed by atoms with van der Waals surface area (Å²) < 4.78 is 33.0. The number of aryl methyl sites for hydroxylation is 1. The fourth-order valence-electron chi connectivity index (χ4n) is 4.23. The summed E-state index contributed by atoms with van der Waals surface area (Å²) in [5.74, 6) is -0.353. The van der Waals surface area contributed by atoms with Crippen molar-refractivity contribution in [3.8, 4) is 0 Å². The molecule has 0 bridgehead atoms. The molecule has 1 amide bonds. The molecule has 30 heavy (non-hydrogen) atoms. The van der Waals surface area contributed by atoms with E-state index >= 15 is 0 Å². The van der Waals surface area contributed by atoms with Crippen LogP contribution in [0, 0.1) is 12.8 Å². The Morgan fingerprint density at radius 2 is 1.90 bits per heavy atom. The zero-order chi connectivity index (χ0) is 21.5. The minimum atomic E-state index is -3.82. The number of hydrogen-bond donors (Lipinski definition) is 2. The second-order valence-electron chi connectivity index (χ2n) is 8.15. The standard InChI is InChI=1S/C22H27N3O4S/c1-14-6-11-19-18(13-14)21-17(5-4-12-29-21)20(23-19)15-7-9-16(10-8-15)22(26)24-30(27,28)25(2)3/h6-11,13,17,20-21,23H,4-5,12H2,1-3H3,(H,24,26)/t17-,20+,21-/m1/s1. The third-order valence-corrected chi connectivity index (χ3v) is 7.26. The molecule has 3 atom stereocenters. The Kier molecular flexibility index (Phi) is 5.57. The number of benzene rings is 2. The quantitative estimate of drug-likeness (QED) is 0.780. The van der Waals surface area contributed by atoms with Crippen LogP contribution < -0.4 is 10.0 Å². The minimum Gasteiger partial charge on any atom is -0.378 e. The van der Waals surface area contributed by atoms with E-state index < -0.39 is 16.1 Å². The number of amides is 1. The number of carbonyl (C=O) groups is 1. The van der Waals surface area contributed by atoms with Gasteiger partial charge >= 0.3 is 10.2 Å². The highest BCUT2D eigenvalue weighted by molar-refractivity contribution is 7.87. The smallest absolute Gasteiger partial charge is 0.303 e. The number of carbonyl (C=O) groups excluding carboxylic acids is 1. The fraction of sp³-hybridized carbons (Fsp3) is 0.409. The molecule has 0 saturated carbocycles. The highest BCUT2D eigenvalue weighted by Gasteiger charge is 2.39. The zero-order valence-corrected chi connectivity index (χ0v) is 18.2. The summed E-state index contributed by atoms with van der Waals surface area (Å²) in [6, 6.07) is 13.6. The van der Waals surface area contributed by atoms with Crippen LogP contribution in [-0.4, -0.2) is 39.3 Å². The molecule has 0 radical (unpaired) electrons. The van der Waals surface area contributed by atoms with Crippen molar-refractivity contribution in [2.24, 2.45) is 5.92 Å². The van der Waals surface area contributed by atoms with Crippen molar-refractivity contribution in [3.63, 3.8) is 0 Å². The second-order valence-corrected chi connectivity index (χ2v) is 10.0. The molecule has 4 rings (SSSR count). The van der Waals surface area contributed by atoms with Crippen molar-refractivity contribution in [2.45, 2.75) is 31.9 Å². The maximum absolute atomic E-state index is 12.3. The summed E-state index contributed by atoms with van der Waals surface area (Å²) in [5, 5.41) is 3.66. The molecule has 2 aromatic rings. The number of hydrogen-bond acceptors (Lipinski definition) is 5. The lowest BCUT2D eigenvalue weighted by Crippen LogP contribution is -2.39. The van der Waals surface area contributed by atoms with Gasteiger partial charge in [-0.3, -0.25) is 4.79 Å². The molecule has 0 aliphatic carbocycles. The van der Waals surface area contributed by atoms with E-state index in [1.165, 1.54) is 25.2 Å². The number of ether oxygens (including phenoxy) is 1. The van der Waals surface area contributed by atoms with Crippen LogP contribution in [-0.2, 0) is 14.9 Å². The van der Waals surface area contributed by atoms with Gasteiger partial charge in [-0.25, -0.2) is 4.72 Å². The molecule has 2 aliphatic rings. The molecule has 7 nitrogen and oxygen atoms in total. The average molecular weight is 430 g/mol. The van der Waals surface area contributed by atoms with Crippen LogP contribution in [0.3, 0.4) is 0 Å². The van der Waals surface area contributed by atoms with E-state index in [9.17, 15) is 13.2 Å². The topological polar surface area (TPSA) is 87.7 Å². The lowest BCUT2D eigenvalue weighted by Gasteiger charge is -2.43. The molecule has 2 heterocycles. The highest BCUT2D eigenvalue weighted by Crippen LogP contribution is 2.49. The van der Waals surface area contributed by atoms with Crippen LogP contribution in [0.15, 0.2) is 42.5 Å². The molecule has 1 saturated heterocycles. The number of fused-ring (bicyclic) bond motifs is 3. The molecular weight excluding hydrogens is 402 g/mol. The summed E-state index contributed by atoms with van der Waals surface area (Å²) >= 11 is 0. The van der Waals surface area contributed by atoms with Crippen LogP contribution in [0.5, 0.6) is 0 Å². The first kappa shape index (κ1) is 20.8. The lowest BCUT2D eigenvalue weighted by molar-refractivity contribution is -0.0381. The van der Waals surface area contributed by atoms with E-state index in [1.54, 1.807) is 12.1 Å².